The van der Waals surface area contributed by atoms with E-state index in [-0.39, 0.29) is 0 Å². The fourth-order valence-corrected chi connectivity index (χ4v) is 1.13. The molecule has 0 aliphatic carbocycles. The molecule has 0 aliphatic rings. The van der Waals surface area contributed by atoms with Gasteiger partial charge >= 0.3 is 7.12 Å². The van der Waals surface area contributed by atoms with Gasteiger partial charge in [-0.05, 0) is 18.4 Å². The molecule has 0 amide bonds. The van der Waals surface area contributed by atoms with Crippen LogP contribution in [0.3, 0.4) is 0 Å². The summed E-state index contributed by atoms with van der Waals surface area (Å²) in [6.07, 6.45) is 2.42. The van der Waals surface area contributed by atoms with Gasteiger partial charge in [-0.3, -0.25) is 4.98 Å². The maximum absolute atomic E-state index is 8.81. The van der Waals surface area contributed by atoms with Gasteiger partial charge in [-0.15, -0.1) is 0 Å². The van der Waals surface area contributed by atoms with Gasteiger partial charge in [-0.25, -0.2) is 0 Å². The van der Waals surface area contributed by atoms with Crippen molar-refractivity contribution in [2.75, 3.05) is 0 Å². The third-order valence-electron chi connectivity index (χ3n) is 1.76. The minimum Gasteiger partial charge on any atom is -0.423 e. The summed E-state index contributed by atoms with van der Waals surface area (Å²) in [6.45, 7) is 4.24. The molecule has 0 unspecified atom stereocenters. The van der Waals surface area contributed by atoms with Crippen LogP contribution in [0.2, 0.25) is 0 Å². The zero-order chi connectivity index (χ0) is 9.84. The Balaban J connectivity index is 2.70. The Morgan fingerprint density at radius 3 is 2.46 bits per heavy atom. The first-order chi connectivity index (χ1) is 6.09. The Hall–Kier alpha value is -0.865. The number of nitrogens with zero attached hydrogens (tertiary/aromatic N) is 1. The van der Waals surface area contributed by atoms with E-state index in [1.165, 1.54) is 6.20 Å². The Bertz CT molecular complexity index is 259. The number of rotatable bonds is 3. The van der Waals surface area contributed by atoms with E-state index in [1.807, 2.05) is 6.07 Å². The van der Waals surface area contributed by atoms with Crippen molar-refractivity contribution in [2.24, 2.45) is 5.92 Å². The normalized spacial score (nSPS) is 10.5. The van der Waals surface area contributed by atoms with Gasteiger partial charge in [0, 0.05) is 17.4 Å². The predicted octanol–water partition coefficient (Wildman–Crippen LogP) is -0.0401. The number of aromatic nitrogens is 1. The van der Waals surface area contributed by atoms with Gasteiger partial charge < -0.3 is 10.0 Å². The van der Waals surface area contributed by atoms with Gasteiger partial charge in [0.1, 0.15) is 0 Å². The lowest BCUT2D eigenvalue weighted by Gasteiger charge is -2.04. The Morgan fingerprint density at radius 1 is 1.38 bits per heavy atom. The van der Waals surface area contributed by atoms with E-state index in [4.69, 9.17) is 10.0 Å². The molecule has 4 heteroatoms. The molecule has 0 radical (unpaired) electrons. The van der Waals surface area contributed by atoms with Gasteiger partial charge in [-0.1, -0.05) is 19.9 Å². The lowest BCUT2D eigenvalue weighted by Crippen LogP contribution is -2.30. The summed E-state index contributed by atoms with van der Waals surface area (Å²) in [4.78, 5) is 4.12. The summed E-state index contributed by atoms with van der Waals surface area (Å²) < 4.78 is 0. The topological polar surface area (TPSA) is 53.4 Å². The highest BCUT2D eigenvalue weighted by Gasteiger charge is 2.10. The molecule has 13 heavy (non-hydrogen) atoms. The van der Waals surface area contributed by atoms with Crippen molar-refractivity contribution in [3.8, 4) is 0 Å². The molecule has 0 aliphatic heterocycles. The highest BCUT2D eigenvalue weighted by Crippen LogP contribution is 2.02. The van der Waals surface area contributed by atoms with E-state index < -0.39 is 7.12 Å². The molecular weight excluding hydrogens is 165 g/mol. The monoisotopic (exact) mass is 179 g/mol. The van der Waals surface area contributed by atoms with Gasteiger partial charge in [0.25, 0.3) is 0 Å². The largest absolute Gasteiger partial charge is 0.490 e. The van der Waals surface area contributed by atoms with Crippen molar-refractivity contribution in [2.45, 2.75) is 20.3 Å². The van der Waals surface area contributed by atoms with Crippen LogP contribution in [0, 0.1) is 5.92 Å². The molecular formula is C9H14BNO2. The second-order valence-corrected chi connectivity index (χ2v) is 3.55. The van der Waals surface area contributed by atoms with E-state index >= 15 is 0 Å². The average molecular weight is 179 g/mol. The minimum absolute atomic E-state index is 0.438. The molecule has 0 saturated heterocycles. The summed E-state index contributed by atoms with van der Waals surface area (Å²) in [5.74, 6) is 0.567. The molecule has 2 N–H and O–H groups in total. The lowest BCUT2D eigenvalue weighted by molar-refractivity contribution is 0.425. The summed E-state index contributed by atoms with van der Waals surface area (Å²) in [5, 5.41) is 17.6. The number of hydrogen-bond acceptors (Lipinski definition) is 3. The SMILES string of the molecule is CC(C)Cc1ccc(B(O)O)cn1. The zero-order valence-electron chi connectivity index (χ0n) is 7.94. The summed E-state index contributed by atoms with van der Waals surface area (Å²) in [5.41, 5.74) is 1.42. The number of hydrogen-bond donors (Lipinski definition) is 2. The molecule has 0 spiro atoms. The fraction of sp³-hybridized carbons (Fsp3) is 0.444. The summed E-state index contributed by atoms with van der Waals surface area (Å²) >= 11 is 0. The molecule has 0 saturated carbocycles. The molecule has 70 valence electrons. The van der Waals surface area contributed by atoms with E-state index in [0.29, 0.717) is 11.4 Å². The zero-order valence-corrected chi connectivity index (χ0v) is 7.94. The van der Waals surface area contributed by atoms with Crippen LogP contribution in [0.4, 0.5) is 0 Å². The molecule has 0 bridgehead atoms. The maximum atomic E-state index is 8.81. The minimum atomic E-state index is -1.42. The molecule has 0 aromatic carbocycles. The first-order valence-electron chi connectivity index (χ1n) is 4.40. The smallest absolute Gasteiger partial charge is 0.423 e. The highest BCUT2D eigenvalue weighted by molar-refractivity contribution is 6.58. The van der Waals surface area contributed by atoms with E-state index in [9.17, 15) is 0 Å². The van der Waals surface area contributed by atoms with Crippen LogP contribution in [0.5, 0.6) is 0 Å². The molecule has 1 aromatic heterocycles. The van der Waals surface area contributed by atoms with E-state index in [0.717, 1.165) is 12.1 Å². The molecule has 1 rings (SSSR count). The van der Waals surface area contributed by atoms with Gasteiger partial charge in [0.2, 0.25) is 0 Å². The first kappa shape index (κ1) is 10.2. The second kappa shape index (κ2) is 4.39. The summed E-state index contributed by atoms with van der Waals surface area (Å²) in [7, 11) is -1.42. The van der Waals surface area contributed by atoms with Crippen molar-refractivity contribution >= 4 is 12.6 Å². The molecule has 1 aromatic rings. The molecule has 3 nitrogen and oxygen atoms in total. The van der Waals surface area contributed by atoms with Crippen molar-refractivity contribution in [3.05, 3.63) is 24.0 Å². The van der Waals surface area contributed by atoms with Crippen LogP contribution in [-0.2, 0) is 6.42 Å². The number of pyridine rings is 1. The highest BCUT2D eigenvalue weighted by atomic mass is 16.4. The standard InChI is InChI=1S/C9H14BNO2/c1-7(2)5-9-4-3-8(6-11-9)10(12)13/h3-4,6-7,12-13H,5H2,1-2H3. The van der Waals surface area contributed by atoms with Crippen molar-refractivity contribution < 1.29 is 10.0 Å². The van der Waals surface area contributed by atoms with E-state index in [2.05, 4.69) is 18.8 Å². The Labute approximate surface area is 78.6 Å². The predicted molar refractivity (Wildman–Crippen MR) is 52.6 cm³/mol. The average Bonchev–Trinajstić information content (AvgIpc) is 2.04. The second-order valence-electron chi connectivity index (χ2n) is 3.55. The van der Waals surface area contributed by atoms with Crippen LogP contribution >= 0.6 is 0 Å². The molecule has 0 atom stereocenters. The van der Waals surface area contributed by atoms with Crippen LogP contribution in [0.25, 0.3) is 0 Å². The van der Waals surface area contributed by atoms with Crippen LogP contribution in [0.1, 0.15) is 19.5 Å². The van der Waals surface area contributed by atoms with Gasteiger partial charge in [0.15, 0.2) is 0 Å². The van der Waals surface area contributed by atoms with Crippen LogP contribution in [0.15, 0.2) is 18.3 Å². The molecule has 1 heterocycles. The van der Waals surface area contributed by atoms with Crippen LogP contribution < -0.4 is 5.46 Å². The third-order valence-corrected chi connectivity index (χ3v) is 1.76. The lowest BCUT2D eigenvalue weighted by atomic mass is 9.81. The van der Waals surface area contributed by atoms with Crippen molar-refractivity contribution in [3.63, 3.8) is 0 Å². The van der Waals surface area contributed by atoms with Crippen LogP contribution in [-0.4, -0.2) is 22.2 Å². The van der Waals surface area contributed by atoms with E-state index in [1.54, 1.807) is 6.07 Å². The fourth-order valence-electron chi connectivity index (χ4n) is 1.13. The Kier molecular flexibility index (Phi) is 3.45. The quantitative estimate of drug-likeness (QED) is 0.640. The summed E-state index contributed by atoms with van der Waals surface area (Å²) in [6, 6.07) is 3.52. The Morgan fingerprint density at radius 2 is 2.08 bits per heavy atom. The third kappa shape index (κ3) is 3.16. The van der Waals surface area contributed by atoms with Crippen molar-refractivity contribution in [1.29, 1.82) is 0 Å². The maximum Gasteiger partial charge on any atom is 0.490 e. The van der Waals surface area contributed by atoms with Gasteiger partial charge in [-0.2, -0.15) is 0 Å². The van der Waals surface area contributed by atoms with Gasteiger partial charge in [0.05, 0.1) is 0 Å². The van der Waals surface area contributed by atoms with Crippen molar-refractivity contribution in [1.82, 2.24) is 4.98 Å². The first-order valence-corrected chi connectivity index (χ1v) is 4.40. The molecule has 0 fully saturated rings.